The van der Waals surface area contributed by atoms with Gasteiger partial charge in [0.2, 0.25) is 0 Å². The molecule has 0 aliphatic carbocycles. The summed E-state index contributed by atoms with van der Waals surface area (Å²) >= 11 is 0. The van der Waals surface area contributed by atoms with Crippen LogP contribution in [0.15, 0.2) is 109 Å². The Bertz CT molecular complexity index is 1350. The smallest absolute Gasteiger partial charge is 0.305 e. The van der Waals surface area contributed by atoms with Gasteiger partial charge in [0.1, 0.15) is 0 Å². The molecule has 0 atom stereocenters. The monoisotopic (exact) mass is 533 g/mol. The first-order valence-corrected chi connectivity index (χ1v) is 14.0. The Labute approximate surface area is 235 Å². The first-order chi connectivity index (χ1) is 19.6. The summed E-state index contributed by atoms with van der Waals surface area (Å²) in [5, 5.41) is 4.66. The minimum atomic E-state index is -0.573. The molecule has 3 aromatic carbocycles. The van der Waals surface area contributed by atoms with Crippen molar-refractivity contribution in [2.24, 2.45) is 0 Å². The van der Waals surface area contributed by atoms with Gasteiger partial charge in [0.05, 0.1) is 17.8 Å². The number of benzene rings is 3. The van der Waals surface area contributed by atoms with Crippen molar-refractivity contribution in [3.8, 4) is 0 Å². The van der Waals surface area contributed by atoms with Gasteiger partial charge in [0.25, 0.3) is 0 Å². The molecule has 1 saturated heterocycles. The lowest BCUT2D eigenvalue weighted by Crippen LogP contribution is -2.52. The number of esters is 1. The Kier molecular flexibility index (Phi) is 8.67. The molecule has 0 saturated carbocycles. The lowest BCUT2D eigenvalue weighted by atomic mass is 9.74. The molecule has 1 aliphatic rings. The van der Waals surface area contributed by atoms with Crippen LogP contribution in [0, 0.1) is 0 Å². The van der Waals surface area contributed by atoms with Crippen molar-refractivity contribution >= 4 is 17.8 Å². The van der Waals surface area contributed by atoms with Crippen molar-refractivity contribution in [3.63, 3.8) is 0 Å². The minimum absolute atomic E-state index is 0.149. The van der Waals surface area contributed by atoms with Crippen molar-refractivity contribution in [2.75, 3.05) is 19.7 Å². The number of hydrogen-bond acceptors (Lipinski definition) is 5. The van der Waals surface area contributed by atoms with E-state index in [1.54, 1.807) is 0 Å². The topological polar surface area (TPSA) is 64.4 Å². The van der Waals surface area contributed by atoms with Crippen LogP contribution in [0.1, 0.15) is 48.6 Å². The van der Waals surface area contributed by atoms with Crippen molar-refractivity contribution in [2.45, 2.75) is 38.3 Å². The van der Waals surface area contributed by atoms with E-state index in [4.69, 9.17) is 4.74 Å². The highest BCUT2D eigenvalue weighted by Crippen LogP contribution is 2.43. The zero-order valence-electron chi connectivity index (χ0n) is 22.9. The molecule has 0 bridgehead atoms. The Hall–Kier alpha value is -4.29. The normalized spacial score (nSPS) is 15.3. The van der Waals surface area contributed by atoms with Crippen LogP contribution < -0.4 is 0 Å². The number of aromatic nitrogens is 2. The van der Waals surface area contributed by atoms with Crippen LogP contribution in [0.2, 0.25) is 0 Å². The third kappa shape index (κ3) is 5.82. The van der Waals surface area contributed by atoms with E-state index in [9.17, 15) is 9.59 Å². The summed E-state index contributed by atoms with van der Waals surface area (Å²) in [4.78, 5) is 27.3. The van der Waals surface area contributed by atoms with Crippen molar-refractivity contribution in [1.82, 2.24) is 14.7 Å². The quantitative estimate of drug-likeness (QED) is 0.145. The van der Waals surface area contributed by atoms with Gasteiger partial charge >= 0.3 is 5.97 Å². The first kappa shape index (κ1) is 27.3. The number of nitrogens with zero attached hydrogens (tertiary/aromatic N) is 3. The Morgan fingerprint density at radius 3 is 2.02 bits per heavy atom. The second kappa shape index (κ2) is 12.7. The van der Waals surface area contributed by atoms with Gasteiger partial charge in [-0.05, 0) is 42.2 Å². The molecule has 4 aromatic rings. The maximum atomic E-state index is 13.2. The zero-order chi connectivity index (χ0) is 27.8. The largest absolute Gasteiger partial charge is 0.466 e. The van der Waals surface area contributed by atoms with Crippen LogP contribution in [0.4, 0.5) is 0 Å². The number of carbonyl (C=O) groups is 2. The molecule has 204 valence electrons. The fourth-order valence-corrected chi connectivity index (χ4v) is 5.64. The third-order valence-electron chi connectivity index (χ3n) is 7.43. The highest BCUT2D eigenvalue weighted by Gasteiger charge is 2.44. The number of rotatable bonds is 10. The van der Waals surface area contributed by atoms with E-state index in [-0.39, 0.29) is 11.8 Å². The van der Waals surface area contributed by atoms with Gasteiger partial charge in [-0.25, -0.2) is 0 Å². The molecule has 0 amide bonds. The molecule has 40 heavy (non-hydrogen) atoms. The predicted molar refractivity (Wildman–Crippen MR) is 156 cm³/mol. The summed E-state index contributed by atoms with van der Waals surface area (Å²) in [7, 11) is 0. The Morgan fingerprint density at radius 1 is 0.900 bits per heavy atom. The fraction of sp³-hybridized carbons (Fsp3) is 0.265. The van der Waals surface area contributed by atoms with E-state index < -0.39 is 5.54 Å². The molecule has 6 heteroatoms. The fourth-order valence-electron chi connectivity index (χ4n) is 5.64. The summed E-state index contributed by atoms with van der Waals surface area (Å²) in [6.07, 6.45) is 5.25. The van der Waals surface area contributed by atoms with E-state index in [0.717, 1.165) is 28.0 Å². The van der Waals surface area contributed by atoms with Gasteiger partial charge in [0, 0.05) is 44.2 Å². The number of ether oxygens (including phenoxy) is 1. The first-order valence-electron chi connectivity index (χ1n) is 14.0. The second-order valence-electron chi connectivity index (χ2n) is 9.99. The van der Waals surface area contributed by atoms with Gasteiger partial charge in [-0.1, -0.05) is 91.0 Å². The molecule has 0 radical (unpaired) electrons. The number of piperidine rings is 1. The Morgan fingerprint density at radius 2 is 1.48 bits per heavy atom. The highest BCUT2D eigenvalue weighted by atomic mass is 16.5. The lowest BCUT2D eigenvalue weighted by Gasteiger charge is -2.47. The number of Topliss-reactive ketones (excluding diaryl/α,β-unsaturated/α-hetero) is 1. The van der Waals surface area contributed by atoms with Crippen LogP contribution in [-0.4, -0.2) is 46.1 Å². The van der Waals surface area contributed by atoms with Gasteiger partial charge < -0.3 is 4.74 Å². The van der Waals surface area contributed by atoms with E-state index in [2.05, 4.69) is 82.8 Å². The molecular formula is C34H35N3O3. The summed E-state index contributed by atoms with van der Waals surface area (Å²) < 4.78 is 6.83. The van der Waals surface area contributed by atoms with Gasteiger partial charge in [0.15, 0.2) is 5.78 Å². The minimum Gasteiger partial charge on any atom is -0.466 e. The van der Waals surface area contributed by atoms with E-state index in [1.165, 1.54) is 0 Å². The van der Waals surface area contributed by atoms with Crippen LogP contribution in [0.5, 0.6) is 0 Å². The maximum Gasteiger partial charge on any atom is 0.305 e. The number of carbonyl (C=O) groups excluding carboxylic acids is 2. The number of aryl methyl sites for hydroxylation is 1. The molecule has 1 aliphatic heterocycles. The number of likely N-dealkylation sites (tertiary alicyclic amines) is 1. The third-order valence-corrected chi connectivity index (χ3v) is 7.43. The SMILES string of the molecule is CCOC(=O)CCCn1ccc(C=C2CN(C(c3ccccc3)(c3ccccc3)c3ccccc3)CCC2=O)n1. The van der Waals surface area contributed by atoms with Crippen LogP contribution in [-0.2, 0) is 26.4 Å². The molecule has 6 nitrogen and oxygen atoms in total. The summed E-state index contributed by atoms with van der Waals surface area (Å²) in [5.41, 5.74) is 4.39. The summed E-state index contributed by atoms with van der Waals surface area (Å²) in [5.74, 6) is -0.0418. The van der Waals surface area contributed by atoms with Gasteiger partial charge in [-0.3, -0.25) is 19.2 Å². The summed E-state index contributed by atoms with van der Waals surface area (Å²) in [6.45, 7) is 3.94. The van der Waals surface area contributed by atoms with Crippen molar-refractivity contribution < 1.29 is 14.3 Å². The highest BCUT2D eigenvalue weighted by molar-refractivity contribution is 6.00. The maximum absolute atomic E-state index is 13.2. The number of ketones is 1. The predicted octanol–water partition coefficient (Wildman–Crippen LogP) is 5.88. The molecule has 2 heterocycles. The zero-order valence-corrected chi connectivity index (χ0v) is 22.9. The summed E-state index contributed by atoms with van der Waals surface area (Å²) in [6, 6.07) is 33.6. The Balaban J connectivity index is 1.48. The standard InChI is InChI=1S/C34H35N3O3/c1-2-40-33(39)19-12-22-37-24-20-31(35-37)25-27-26-36(23-21-32(27)38)34(28-13-6-3-7-14-28,29-15-8-4-9-16-29)30-17-10-5-11-18-30/h3-11,13-18,20,24-25H,2,12,19,21-23,26H2,1H3. The van der Waals surface area contributed by atoms with Crippen LogP contribution in [0.3, 0.4) is 0 Å². The van der Waals surface area contributed by atoms with Gasteiger partial charge in [-0.2, -0.15) is 5.10 Å². The molecular weight excluding hydrogens is 498 g/mol. The average Bonchev–Trinajstić information content (AvgIpc) is 3.44. The van der Waals surface area contributed by atoms with Gasteiger partial charge in [-0.15, -0.1) is 0 Å². The van der Waals surface area contributed by atoms with E-state index in [0.29, 0.717) is 45.5 Å². The molecule has 0 N–H and O–H groups in total. The molecule has 0 unspecified atom stereocenters. The molecule has 1 fully saturated rings. The molecule has 0 spiro atoms. The average molecular weight is 534 g/mol. The molecule has 5 rings (SSSR count). The molecule has 1 aromatic heterocycles. The van der Waals surface area contributed by atoms with E-state index in [1.807, 2.05) is 48.1 Å². The van der Waals surface area contributed by atoms with E-state index >= 15 is 0 Å². The van der Waals surface area contributed by atoms with Crippen LogP contribution >= 0.6 is 0 Å². The lowest BCUT2D eigenvalue weighted by molar-refractivity contribution is -0.143. The number of hydrogen-bond donors (Lipinski definition) is 0. The van der Waals surface area contributed by atoms with Crippen molar-refractivity contribution in [1.29, 1.82) is 0 Å². The second-order valence-corrected chi connectivity index (χ2v) is 9.99. The van der Waals surface area contributed by atoms with Crippen molar-refractivity contribution in [3.05, 3.63) is 131 Å². The van der Waals surface area contributed by atoms with Crippen LogP contribution in [0.25, 0.3) is 6.08 Å².